The molecule has 0 spiro atoms. The molecule has 1 aliphatic heterocycles. The van der Waals surface area contributed by atoms with Crippen LogP contribution in [0.5, 0.6) is 5.75 Å². The standard InChI is InChI=1S/C14H21FN2O/c1-9(2)18-14-8-13(12(16)7-11(14)15)17-6-4-5-10(17)3/h7-10H,4-6,16H2,1-3H3. The minimum absolute atomic E-state index is 0.0491. The van der Waals surface area contributed by atoms with Gasteiger partial charge >= 0.3 is 0 Å². The third-order valence-electron chi connectivity index (χ3n) is 3.31. The number of anilines is 2. The summed E-state index contributed by atoms with van der Waals surface area (Å²) in [6, 6.07) is 3.54. The van der Waals surface area contributed by atoms with Crippen molar-refractivity contribution < 1.29 is 9.13 Å². The molecular formula is C14H21FN2O. The molecule has 3 nitrogen and oxygen atoms in total. The lowest BCUT2D eigenvalue weighted by Gasteiger charge is -2.26. The lowest BCUT2D eigenvalue weighted by atomic mass is 10.2. The van der Waals surface area contributed by atoms with E-state index in [-0.39, 0.29) is 11.9 Å². The van der Waals surface area contributed by atoms with Gasteiger partial charge in [0.15, 0.2) is 11.6 Å². The number of rotatable bonds is 3. The van der Waals surface area contributed by atoms with Crippen LogP contribution in [-0.4, -0.2) is 18.7 Å². The molecule has 1 unspecified atom stereocenters. The summed E-state index contributed by atoms with van der Waals surface area (Å²) < 4.78 is 19.2. The van der Waals surface area contributed by atoms with Gasteiger partial charge in [-0.15, -0.1) is 0 Å². The Morgan fingerprint density at radius 2 is 2.17 bits per heavy atom. The van der Waals surface area contributed by atoms with Crippen molar-refractivity contribution >= 4 is 11.4 Å². The Bertz CT molecular complexity index is 434. The fourth-order valence-electron chi connectivity index (χ4n) is 2.44. The van der Waals surface area contributed by atoms with Crippen molar-refractivity contribution in [3.05, 3.63) is 17.9 Å². The van der Waals surface area contributed by atoms with Crippen LogP contribution in [0, 0.1) is 5.82 Å². The number of halogens is 1. The van der Waals surface area contributed by atoms with Gasteiger partial charge in [0.25, 0.3) is 0 Å². The summed E-state index contributed by atoms with van der Waals surface area (Å²) >= 11 is 0. The van der Waals surface area contributed by atoms with Crippen molar-refractivity contribution in [2.24, 2.45) is 0 Å². The van der Waals surface area contributed by atoms with Crippen LogP contribution in [0.4, 0.5) is 15.8 Å². The van der Waals surface area contributed by atoms with Crippen LogP contribution >= 0.6 is 0 Å². The molecule has 0 radical (unpaired) electrons. The number of ether oxygens (including phenoxy) is 1. The van der Waals surface area contributed by atoms with Gasteiger partial charge in [0.05, 0.1) is 17.5 Å². The molecule has 0 aromatic heterocycles. The Balaban J connectivity index is 2.34. The zero-order chi connectivity index (χ0) is 13.3. The molecule has 100 valence electrons. The van der Waals surface area contributed by atoms with Crippen molar-refractivity contribution in [3.8, 4) is 5.75 Å². The molecule has 1 atom stereocenters. The molecule has 4 heteroatoms. The molecule has 18 heavy (non-hydrogen) atoms. The van der Waals surface area contributed by atoms with Crippen LogP contribution in [0.1, 0.15) is 33.6 Å². The van der Waals surface area contributed by atoms with Crippen molar-refractivity contribution in [1.82, 2.24) is 0 Å². The summed E-state index contributed by atoms with van der Waals surface area (Å²) in [6.45, 7) is 6.90. The van der Waals surface area contributed by atoms with E-state index in [2.05, 4.69) is 11.8 Å². The van der Waals surface area contributed by atoms with E-state index < -0.39 is 5.82 Å². The second-order valence-electron chi connectivity index (χ2n) is 5.19. The van der Waals surface area contributed by atoms with E-state index in [1.165, 1.54) is 6.07 Å². The number of hydrogen-bond acceptors (Lipinski definition) is 3. The molecule has 1 aliphatic rings. The molecule has 0 amide bonds. The van der Waals surface area contributed by atoms with E-state index >= 15 is 0 Å². The molecule has 2 N–H and O–H groups in total. The van der Waals surface area contributed by atoms with Crippen molar-refractivity contribution in [3.63, 3.8) is 0 Å². The molecule has 1 aromatic carbocycles. The second kappa shape index (κ2) is 5.04. The first-order valence-electron chi connectivity index (χ1n) is 6.51. The molecule has 2 rings (SSSR count). The fraction of sp³-hybridized carbons (Fsp3) is 0.571. The minimum Gasteiger partial charge on any atom is -0.488 e. The van der Waals surface area contributed by atoms with Crippen LogP contribution in [0.25, 0.3) is 0 Å². The quantitative estimate of drug-likeness (QED) is 0.840. The Kier molecular flexibility index (Phi) is 3.64. The van der Waals surface area contributed by atoms with Crippen LogP contribution in [-0.2, 0) is 0 Å². The molecule has 0 bridgehead atoms. The van der Waals surface area contributed by atoms with Gasteiger partial charge in [-0.2, -0.15) is 0 Å². The van der Waals surface area contributed by atoms with Gasteiger partial charge < -0.3 is 15.4 Å². The van der Waals surface area contributed by atoms with E-state index in [0.29, 0.717) is 11.7 Å². The number of nitrogens with two attached hydrogens (primary N) is 1. The normalized spacial score (nSPS) is 19.6. The average Bonchev–Trinajstić information content (AvgIpc) is 2.68. The van der Waals surface area contributed by atoms with Crippen LogP contribution in [0.2, 0.25) is 0 Å². The summed E-state index contributed by atoms with van der Waals surface area (Å²) in [5.41, 5.74) is 7.30. The Morgan fingerprint density at radius 3 is 2.72 bits per heavy atom. The largest absolute Gasteiger partial charge is 0.488 e. The molecule has 1 aromatic rings. The first kappa shape index (κ1) is 13.0. The number of hydrogen-bond donors (Lipinski definition) is 1. The molecular weight excluding hydrogens is 231 g/mol. The average molecular weight is 252 g/mol. The lowest BCUT2D eigenvalue weighted by Crippen LogP contribution is -2.27. The van der Waals surface area contributed by atoms with Crippen LogP contribution < -0.4 is 15.4 Å². The third-order valence-corrected chi connectivity index (χ3v) is 3.31. The highest BCUT2D eigenvalue weighted by molar-refractivity contribution is 5.70. The fourth-order valence-corrected chi connectivity index (χ4v) is 2.44. The monoisotopic (exact) mass is 252 g/mol. The van der Waals surface area contributed by atoms with E-state index in [4.69, 9.17) is 10.5 Å². The topological polar surface area (TPSA) is 38.5 Å². The summed E-state index contributed by atoms with van der Waals surface area (Å²) in [4.78, 5) is 2.22. The lowest BCUT2D eigenvalue weighted by molar-refractivity contribution is 0.231. The SMILES string of the molecule is CC(C)Oc1cc(N2CCCC2C)c(N)cc1F. The van der Waals surface area contributed by atoms with Crippen molar-refractivity contribution in [2.75, 3.05) is 17.2 Å². The highest BCUT2D eigenvalue weighted by Crippen LogP contribution is 2.35. The van der Waals surface area contributed by atoms with Crippen LogP contribution in [0.15, 0.2) is 12.1 Å². The van der Waals surface area contributed by atoms with E-state index in [1.807, 2.05) is 13.8 Å². The number of nitrogen functional groups attached to an aromatic ring is 1. The van der Waals surface area contributed by atoms with Crippen molar-refractivity contribution in [1.29, 1.82) is 0 Å². The van der Waals surface area contributed by atoms with Gasteiger partial charge in [0.1, 0.15) is 0 Å². The highest BCUT2D eigenvalue weighted by atomic mass is 19.1. The van der Waals surface area contributed by atoms with Gasteiger partial charge in [0, 0.05) is 24.7 Å². The zero-order valence-electron chi connectivity index (χ0n) is 11.2. The van der Waals surface area contributed by atoms with Crippen LogP contribution in [0.3, 0.4) is 0 Å². The van der Waals surface area contributed by atoms with Gasteiger partial charge in [-0.3, -0.25) is 0 Å². The van der Waals surface area contributed by atoms with Gasteiger partial charge in [-0.05, 0) is 33.6 Å². The first-order chi connectivity index (χ1) is 8.49. The van der Waals surface area contributed by atoms with E-state index in [1.54, 1.807) is 6.07 Å². The maximum atomic E-state index is 13.8. The Morgan fingerprint density at radius 1 is 1.44 bits per heavy atom. The maximum Gasteiger partial charge on any atom is 0.167 e. The highest BCUT2D eigenvalue weighted by Gasteiger charge is 2.23. The molecule has 1 heterocycles. The van der Waals surface area contributed by atoms with Gasteiger partial charge in [-0.1, -0.05) is 0 Å². The van der Waals surface area contributed by atoms with Gasteiger partial charge in [-0.25, -0.2) is 4.39 Å². The predicted octanol–water partition coefficient (Wildman–Crippen LogP) is 3.18. The molecule has 1 fully saturated rings. The summed E-state index contributed by atoms with van der Waals surface area (Å²) in [5.74, 6) is -0.106. The third kappa shape index (κ3) is 2.52. The second-order valence-corrected chi connectivity index (χ2v) is 5.19. The zero-order valence-corrected chi connectivity index (χ0v) is 11.2. The number of nitrogens with zero attached hydrogens (tertiary/aromatic N) is 1. The molecule has 0 saturated carbocycles. The van der Waals surface area contributed by atoms with Crippen molar-refractivity contribution in [2.45, 2.75) is 45.8 Å². The summed E-state index contributed by atoms with van der Waals surface area (Å²) in [6.07, 6.45) is 2.25. The van der Waals surface area contributed by atoms with E-state index in [0.717, 1.165) is 25.1 Å². The first-order valence-corrected chi connectivity index (χ1v) is 6.51. The predicted molar refractivity (Wildman–Crippen MR) is 72.6 cm³/mol. The smallest absolute Gasteiger partial charge is 0.167 e. The number of benzene rings is 1. The summed E-state index contributed by atoms with van der Waals surface area (Å²) in [5, 5.41) is 0. The molecule has 0 aliphatic carbocycles. The Labute approximate surface area is 108 Å². The molecule has 1 saturated heterocycles. The maximum absolute atomic E-state index is 13.8. The van der Waals surface area contributed by atoms with E-state index in [9.17, 15) is 4.39 Å². The Hall–Kier alpha value is -1.45. The van der Waals surface area contributed by atoms with Gasteiger partial charge in [0.2, 0.25) is 0 Å². The minimum atomic E-state index is -0.392. The summed E-state index contributed by atoms with van der Waals surface area (Å²) in [7, 11) is 0.